The largest absolute Gasteiger partial charge is 0.441 e. The first-order valence-electron chi connectivity index (χ1n) is 3.70. The maximum Gasteiger partial charge on any atom is 0.441 e. The van der Waals surface area contributed by atoms with Gasteiger partial charge >= 0.3 is 5.51 Å². The van der Waals surface area contributed by atoms with Crippen molar-refractivity contribution in [2.24, 2.45) is 0 Å². The van der Waals surface area contributed by atoms with Gasteiger partial charge in [0.25, 0.3) is 6.43 Å². The average molecular weight is 239 g/mol. The van der Waals surface area contributed by atoms with E-state index in [1.54, 1.807) is 0 Å². The highest BCUT2D eigenvalue weighted by Gasteiger charge is 2.27. The lowest BCUT2D eigenvalue weighted by Gasteiger charge is -2.10. The van der Waals surface area contributed by atoms with Crippen LogP contribution in [0, 0.1) is 0 Å². The molecule has 0 heterocycles. The summed E-state index contributed by atoms with van der Waals surface area (Å²) in [6, 6.07) is 0. The van der Waals surface area contributed by atoms with E-state index >= 15 is 0 Å². The number of alkyl halides is 5. The molecule has 86 valence electrons. The van der Waals surface area contributed by atoms with Crippen LogP contribution < -0.4 is 5.32 Å². The monoisotopic (exact) mass is 239 g/mol. The third kappa shape index (κ3) is 8.52. The minimum absolute atomic E-state index is 0.0754. The first-order chi connectivity index (χ1) is 6.33. The van der Waals surface area contributed by atoms with Crippen molar-refractivity contribution >= 4 is 11.8 Å². The molecule has 0 aromatic rings. The molecule has 0 amide bonds. The Morgan fingerprint density at radius 2 is 1.86 bits per heavy atom. The summed E-state index contributed by atoms with van der Waals surface area (Å²) in [5.74, 6) is -0.264. The third-order valence-electron chi connectivity index (χ3n) is 1.19. The molecule has 0 radical (unpaired) electrons. The van der Waals surface area contributed by atoms with Crippen molar-refractivity contribution in [2.45, 2.75) is 18.0 Å². The van der Waals surface area contributed by atoms with Crippen molar-refractivity contribution in [1.29, 1.82) is 0 Å². The predicted molar refractivity (Wildman–Crippen MR) is 43.4 cm³/mol. The summed E-state index contributed by atoms with van der Waals surface area (Å²) in [6.45, 7) is -0.482. The molecule has 1 atom stereocenters. The Morgan fingerprint density at radius 3 is 2.29 bits per heavy atom. The lowest BCUT2D eigenvalue weighted by molar-refractivity contribution is -0.0328. The zero-order valence-corrected chi connectivity index (χ0v) is 7.84. The fourth-order valence-electron chi connectivity index (χ4n) is 0.578. The van der Waals surface area contributed by atoms with Crippen LogP contribution in [0.2, 0.25) is 0 Å². The minimum Gasteiger partial charge on any atom is -0.386 e. The van der Waals surface area contributed by atoms with Crippen LogP contribution in [0.5, 0.6) is 0 Å². The zero-order chi connectivity index (χ0) is 11.2. The number of aliphatic hydroxyl groups is 1. The summed E-state index contributed by atoms with van der Waals surface area (Å²) in [7, 11) is 0. The number of hydrogen-bond donors (Lipinski definition) is 2. The van der Waals surface area contributed by atoms with Crippen molar-refractivity contribution in [3.8, 4) is 0 Å². The molecule has 1 unspecified atom stereocenters. The minimum atomic E-state index is -4.30. The van der Waals surface area contributed by atoms with Crippen LogP contribution in [0.15, 0.2) is 0 Å². The third-order valence-corrected chi connectivity index (χ3v) is 1.92. The van der Waals surface area contributed by atoms with Crippen LogP contribution in [0.25, 0.3) is 0 Å². The van der Waals surface area contributed by atoms with E-state index in [2.05, 4.69) is 5.32 Å². The Morgan fingerprint density at radius 1 is 1.29 bits per heavy atom. The highest BCUT2D eigenvalue weighted by atomic mass is 32.2. The molecule has 0 aliphatic carbocycles. The first kappa shape index (κ1) is 13.9. The standard InChI is InChI=1S/C6H10F5NOS/c7-5(8)4(13)3-12-1-2-14-6(9,10)11/h4-5,12-13H,1-3H2. The zero-order valence-electron chi connectivity index (χ0n) is 7.02. The highest BCUT2D eigenvalue weighted by molar-refractivity contribution is 8.00. The number of hydrogen-bond acceptors (Lipinski definition) is 3. The van der Waals surface area contributed by atoms with Gasteiger partial charge in [0.1, 0.15) is 6.10 Å². The van der Waals surface area contributed by atoms with Gasteiger partial charge in [0, 0.05) is 18.8 Å². The summed E-state index contributed by atoms with van der Waals surface area (Å²) >= 11 is -0.238. The van der Waals surface area contributed by atoms with Gasteiger partial charge < -0.3 is 10.4 Å². The van der Waals surface area contributed by atoms with E-state index in [4.69, 9.17) is 5.11 Å². The predicted octanol–water partition coefficient (Wildman–Crippen LogP) is 1.45. The van der Waals surface area contributed by atoms with E-state index < -0.39 is 24.6 Å². The van der Waals surface area contributed by atoms with E-state index in [1.807, 2.05) is 0 Å². The quantitative estimate of drug-likeness (QED) is 0.543. The molecular weight excluding hydrogens is 229 g/mol. The van der Waals surface area contributed by atoms with Gasteiger partial charge in [-0.05, 0) is 11.8 Å². The van der Waals surface area contributed by atoms with Crippen molar-refractivity contribution in [2.75, 3.05) is 18.8 Å². The van der Waals surface area contributed by atoms with E-state index in [0.29, 0.717) is 0 Å². The van der Waals surface area contributed by atoms with Crippen molar-refractivity contribution in [3.63, 3.8) is 0 Å². The molecule has 14 heavy (non-hydrogen) atoms. The maximum atomic E-state index is 11.7. The summed E-state index contributed by atoms with van der Waals surface area (Å²) in [5, 5.41) is 10.8. The van der Waals surface area contributed by atoms with E-state index in [-0.39, 0.29) is 24.1 Å². The molecule has 0 spiro atoms. The van der Waals surface area contributed by atoms with Gasteiger partial charge in [0.2, 0.25) is 0 Å². The summed E-state index contributed by atoms with van der Waals surface area (Å²) in [4.78, 5) is 0. The second-order valence-electron chi connectivity index (χ2n) is 2.40. The van der Waals surface area contributed by atoms with Crippen LogP contribution in [0.3, 0.4) is 0 Å². The topological polar surface area (TPSA) is 32.3 Å². The SMILES string of the molecule is OC(CNCCSC(F)(F)F)C(F)F. The fourth-order valence-corrected chi connectivity index (χ4v) is 1.06. The van der Waals surface area contributed by atoms with Crippen LogP contribution in [0.1, 0.15) is 0 Å². The van der Waals surface area contributed by atoms with Crippen molar-refractivity contribution in [1.82, 2.24) is 5.32 Å². The molecule has 0 bridgehead atoms. The number of rotatable bonds is 6. The van der Waals surface area contributed by atoms with Gasteiger partial charge in [-0.1, -0.05) is 0 Å². The Labute approximate surface area is 81.9 Å². The van der Waals surface area contributed by atoms with Gasteiger partial charge in [-0.15, -0.1) is 0 Å². The molecule has 2 N–H and O–H groups in total. The number of thioether (sulfide) groups is 1. The van der Waals surface area contributed by atoms with E-state index in [9.17, 15) is 22.0 Å². The lowest BCUT2D eigenvalue weighted by atomic mass is 10.4. The fraction of sp³-hybridized carbons (Fsp3) is 1.00. The normalized spacial score (nSPS) is 14.8. The summed E-state index contributed by atoms with van der Waals surface area (Å²) in [5.41, 5.74) is -4.30. The van der Waals surface area contributed by atoms with Crippen LogP contribution in [0.4, 0.5) is 22.0 Å². The second kappa shape index (κ2) is 6.41. The van der Waals surface area contributed by atoms with Gasteiger partial charge in [-0.2, -0.15) is 13.2 Å². The first-order valence-corrected chi connectivity index (χ1v) is 4.69. The molecule has 2 nitrogen and oxygen atoms in total. The molecule has 8 heteroatoms. The molecular formula is C6H10F5NOS. The Bertz CT molecular complexity index is 154. The Balaban J connectivity index is 3.30. The Hall–Kier alpha value is -0.0800. The van der Waals surface area contributed by atoms with Crippen molar-refractivity contribution in [3.05, 3.63) is 0 Å². The van der Waals surface area contributed by atoms with E-state index in [1.165, 1.54) is 0 Å². The molecule has 0 aromatic carbocycles. The average Bonchev–Trinajstić information content (AvgIpc) is 2.01. The highest BCUT2D eigenvalue weighted by Crippen LogP contribution is 2.29. The summed E-state index contributed by atoms with van der Waals surface area (Å²) in [6.07, 6.45) is -4.70. The number of halogens is 5. The molecule has 0 aliphatic rings. The van der Waals surface area contributed by atoms with Gasteiger partial charge in [0.05, 0.1) is 0 Å². The Kier molecular flexibility index (Phi) is 6.38. The second-order valence-corrected chi connectivity index (χ2v) is 3.56. The van der Waals surface area contributed by atoms with Gasteiger partial charge in [0.15, 0.2) is 0 Å². The lowest BCUT2D eigenvalue weighted by Crippen LogP contribution is -2.33. The van der Waals surface area contributed by atoms with Gasteiger partial charge in [-0.25, -0.2) is 8.78 Å². The van der Waals surface area contributed by atoms with Crippen LogP contribution in [-0.4, -0.2) is 42.0 Å². The van der Waals surface area contributed by atoms with Crippen LogP contribution in [-0.2, 0) is 0 Å². The molecule has 0 aliphatic heterocycles. The molecule has 0 fully saturated rings. The molecule has 0 saturated heterocycles. The molecule has 0 aromatic heterocycles. The van der Waals surface area contributed by atoms with Crippen LogP contribution >= 0.6 is 11.8 Å². The maximum absolute atomic E-state index is 11.7. The van der Waals surface area contributed by atoms with E-state index in [0.717, 1.165) is 0 Å². The number of aliphatic hydroxyl groups excluding tert-OH is 1. The summed E-state index contributed by atoms with van der Waals surface area (Å²) < 4.78 is 57.9. The molecule has 0 rings (SSSR count). The number of nitrogens with one attached hydrogen (secondary N) is 1. The smallest absolute Gasteiger partial charge is 0.386 e. The van der Waals surface area contributed by atoms with Crippen molar-refractivity contribution < 1.29 is 27.1 Å². The molecule has 0 saturated carbocycles. The van der Waals surface area contributed by atoms with Gasteiger partial charge in [-0.3, -0.25) is 0 Å².